The Morgan fingerprint density at radius 1 is 1.02 bits per heavy atom. The summed E-state index contributed by atoms with van der Waals surface area (Å²) in [5, 5.41) is 15.2. The van der Waals surface area contributed by atoms with E-state index >= 15 is 0 Å². The predicted octanol–water partition coefficient (Wildman–Crippen LogP) is 8.34. The molecule has 4 N–H and O–H groups in total. The van der Waals surface area contributed by atoms with Crippen molar-refractivity contribution in [2.45, 2.75) is 99.2 Å². The lowest BCUT2D eigenvalue weighted by Crippen LogP contribution is -2.36. The van der Waals surface area contributed by atoms with Crippen molar-refractivity contribution in [2.75, 3.05) is 17.7 Å². The molecule has 11 heteroatoms. The van der Waals surface area contributed by atoms with Crippen LogP contribution in [-0.4, -0.2) is 44.1 Å². The van der Waals surface area contributed by atoms with Gasteiger partial charge in [0.2, 0.25) is 11.6 Å². The fraction of sp³-hybridized carbons (Fsp3) is 0.348. The van der Waals surface area contributed by atoms with E-state index in [0.29, 0.717) is 57.8 Å². The fourth-order valence-electron chi connectivity index (χ4n) is 8.02. The second-order valence-electron chi connectivity index (χ2n) is 16.0. The molecule has 11 nitrogen and oxygen atoms in total. The van der Waals surface area contributed by atoms with E-state index in [0.717, 1.165) is 64.2 Å². The van der Waals surface area contributed by atoms with Crippen LogP contribution < -0.4 is 20.4 Å². The molecule has 6 aromatic rings. The Kier molecular flexibility index (Phi) is 10.7. The van der Waals surface area contributed by atoms with E-state index in [2.05, 4.69) is 47.9 Å². The maximum atomic E-state index is 13.5. The third-order valence-corrected chi connectivity index (χ3v) is 10.8. The molecular formula is C46H51N6O5+. The molecule has 57 heavy (non-hydrogen) atoms. The molecule has 2 aromatic carbocycles. The predicted molar refractivity (Wildman–Crippen MR) is 223 cm³/mol. The first kappa shape index (κ1) is 39.3. The Bertz CT molecular complexity index is 2570. The van der Waals surface area contributed by atoms with Crippen molar-refractivity contribution in [3.05, 3.63) is 106 Å². The van der Waals surface area contributed by atoms with Gasteiger partial charge in [-0.15, -0.1) is 0 Å². The molecule has 0 radical (unpaired) electrons. The summed E-state index contributed by atoms with van der Waals surface area (Å²) in [4.78, 5) is 40.8. The number of aromatic nitrogens is 4. The molecule has 1 amide bonds. The number of fused-ring (bicyclic) bond motifs is 1. The van der Waals surface area contributed by atoms with E-state index in [-0.39, 0.29) is 12.3 Å². The van der Waals surface area contributed by atoms with Crippen molar-refractivity contribution in [3.63, 3.8) is 0 Å². The van der Waals surface area contributed by atoms with Gasteiger partial charge in [0.1, 0.15) is 17.4 Å². The Hall–Kier alpha value is -5.94. The van der Waals surface area contributed by atoms with Gasteiger partial charge in [-0.1, -0.05) is 13.3 Å². The van der Waals surface area contributed by atoms with Crippen LogP contribution in [0.25, 0.3) is 38.6 Å². The van der Waals surface area contributed by atoms with Crippen LogP contribution in [0.2, 0.25) is 0 Å². The number of carbonyl (C=O) groups is 2. The number of carboxylic acid groups (broad SMARTS) is 1. The Balaban J connectivity index is 1.23. The smallest absolute Gasteiger partial charge is 0.337 e. The molecule has 1 atom stereocenters. The first-order valence-corrected chi connectivity index (χ1v) is 19.6. The first-order valence-electron chi connectivity index (χ1n) is 19.6. The average molecular weight is 768 g/mol. The quantitative estimate of drug-likeness (QED) is 0.110. The highest BCUT2D eigenvalue weighted by atomic mass is 16.5. The maximum absolute atomic E-state index is 13.5. The number of hydrogen-bond donors (Lipinski definition) is 3. The van der Waals surface area contributed by atoms with Crippen molar-refractivity contribution in [2.24, 2.45) is 0 Å². The maximum Gasteiger partial charge on any atom is 0.337 e. The van der Waals surface area contributed by atoms with Gasteiger partial charge in [0.15, 0.2) is 18.0 Å². The van der Waals surface area contributed by atoms with E-state index in [4.69, 9.17) is 25.2 Å². The van der Waals surface area contributed by atoms with Gasteiger partial charge in [-0.05, 0) is 113 Å². The van der Waals surface area contributed by atoms with Gasteiger partial charge in [-0.25, -0.2) is 14.8 Å². The van der Waals surface area contributed by atoms with Crippen LogP contribution in [0, 0.1) is 27.7 Å². The normalized spacial score (nSPS) is 13.1. The van der Waals surface area contributed by atoms with Gasteiger partial charge in [-0.2, -0.15) is 4.57 Å². The van der Waals surface area contributed by atoms with Gasteiger partial charge in [-0.3, -0.25) is 9.78 Å². The zero-order valence-electron chi connectivity index (χ0n) is 34.0. The van der Waals surface area contributed by atoms with Gasteiger partial charge in [0, 0.05) is 65.1 Å². The molecule has 1 unspecified atom stereocenters. The summed E-state index contributed by atoms with van der Waals surface area (Å²) in [5.41, 5.74) is 17.0. The van der Waals surface area contributed by atoms with E-state index < -0.39 is 17.7 Å². The summed E-state index contributed by atoms with van der Waals surface area (Å²) in [6.07, 6.45) is 5.99. The lowest BCUT2D eigenvalue weighted by Gasteiger charge is -2.29. The number of rotatable bonds is 11. The summed E-state index contributed by atoms with van der Waals surface area (Å²) in [6, 6.07) is 15.4. The Labute approximate surface area is 333 Å². The molecular weight excluding hydrogens is 717 g/mol. The zero-order chi connectivity index (χ0) is 40.8. The highest BCUT2D eigenvalue weighted by Gasteiger charge is 2.33. The lowest BCUT2D eigenvalue weighted by molar-refractivity contribution is -0.603. The van der Waals surface area contributed by atoms with Crippen LogP contribution >= 0.6 is 0 Å². The summed E-state index contributed by atoms with van der Waals surface area (Å²) in [7, 11) is 0. The Morgan fingerprint density at radius 3 is 2.54 bits per heavy atom. The van der Waals surface area contributed by atoms with Crippen LogP contribution in [-0.2, 0) is 33.6 Å². The SMILES string of the molecule is CCCc1cc[n+](-c2cc(N)nc(CCC(=O)Nc3ccc4c(-c5ccc6c7c(ccnc57)CCO6)c(C(OC(C)(C)C)C(=O)O)c(C)cc4n3)c2C)c(C)c1C. The number of aliphatic carboxylic acids is 1. The van der Waals surface area contributed by atoms with Crippen molar-refractivity contribution < 1.29 is 28.7 Å². The third-order valence-electron chi connectivity index (χ3n) is 10.8. The summed E-state index contributed by atoms with van der Waals surface area (Å²) in [5.74, 6) is 0.194. The third kappa shape index (κ3) is 7.76. The van der Waals surface area contributed by atoms with Crippen LogP contribution in [0.1, 0.15) is 91.4 Å². The number of amides is 1. The van der Waals surface area contributed by atoms with Crippen LogP contribution in [0.5, 0.6) is 5.75 Å². The standard InChI is InChI=1S/C46H50N6O5/c1-9-10-29-18-21-52(28(5)26(29)3)35-24-37(47)49-33(27(35)4)13-16-39(53)51-38-15-12-31-34(50-38)23-25(2)40(44(45(54)55)57-46(6,7)8)42(31)32-11-14-36-41-30(19-22-56-36)17-20-48-43(32)41/h11-12,14-15,17-18,20-21,23-24,44H,9-10,13,16,19,22H2,1-8H3,(H3-,47,49,50,51,53,54,55)/p+1. The molecule has 0 fully saturated rings. The minimum absolute atomic E-state index is 0.163. The minimum Gasteiger partial charge on any atom is -0.493 e. The molecule has 1 aliphatic rings. The number of nitrogens with zero attached hydrogens (tertiary/aromatic N) is 4. The highest BCUT2D eigenvalue weighted by Crippen LogP contribution is 2.45. The molecule has 0 aliphatic carbocycles. The molecule has 0 bridgehead atoms. The van der Waals surface area contributed by atoms with Crippen molar-refractivity contribution in [1.29, 1.82) is 0 Å². The summed E-state index contributed by atoms with van der Waals surface area (Å²) < 4.78 is 14.4. The number of carbonyl (C=O) groups excluding carboxylic acids is 1. The number of aryl methyl sites for hydroxylation is 3. The molecule has 4 aromatic heterocycles. The number of carboxylic acids is 1. The van der Waals surface area contributed by atoms with Gasteiger partial charge in [0.05, 0.1) is 35.0 Å². The number of nitrogens with one attached hydrogen (secondary N) is 1. The Morgan fingerprint density at radius 2 is 1.81 bits per heavy atom. The van der Waals surface area contributed by atoms with Gasteiger partial charge < -0.3 is 25.6 Å². The molecule has 0 saturated heterocycles. The van der Waals surface area contributed by atoms with Crippen molar-refractivity contribution in [1.82, 2.24) is 15.0 Å². The molecule has 7 rings (SSSR count). The molecule has 5 heterocycles. The molecule has 0 saturated carbocycles. The topological polar surface area (TPSA) is 153 Å². The minimum atomic E-state index is -1.28. The number of pyridine rings is 4. The highest BCUT2D eigenvalue weighted by molar-refractivity contribution is 6.08. The van der Waals surface area contributed by atoms with Gasteiger partial charge in [0.25, 0.3) is 0 Å². The van der Waals surface area contributed by atoms with Crippen LogP contribution in [0.3, 0.4) is 0 Å². The fourth-order valence-corrected chi connectivity index (χ4v) is 8.02. The second-order valence-corrected chi connectivity index (χ2v) is 16.0. The first-order chi connectivity index (χ1) is 27.1. The van der Waals surface area contributed by atoms with Gasteiger partial charge >= 0.3 is 5.97 Å². The van der Waals surface area contributed by atoms with Crippen LogP contribution in [0.15, 0.2) is 60.9 Å². The van der Waals surface area contributed by atoms with E-state index in [1.165, 1.54) is 11.1 Å². The number of nitrogens with two attached hydrogens (primary N) is 1. The molecule has 1 aliphatic heterocycles. The number of ether oxygens (including phenoxy) is 2. The van der Waals surface area contributed by atoms with E-state index in [9.17, 15) is 14.7 Å². The van der Waals surface area contributed by atoms with E-state index in [1.807, 2.05) is 71.0 Å². The van der Waals surface area contributed by atoms with E-state index in [1.54, 1.807) is 12.3 Å². The van der Waals surface area contributed by atoms with Crippen molar-refractivity contribution >= 4 is 45.3 Å². The number of nitrogen functional groups attached to an aromatic ring is 1. The van der Waals surface area contributed by atoms with Crippen molar-refractivity contribution in [3.8, 4) is 22.6 Å². The largest absolute Gasteiger partial charge is 0.493 e. The molecule has 294 valence electrons. The number of benzene rings is 2. The second kappa shape index (κ2) is 15.5. The average Bonchev–Trinajstić information content (AvgIpc) is 3.16. The summed E-state index contributed by atoms with van der Waals surface area (Å²) >= 11 is 0. The van der Waals surface area contributed by atoms with Crippen LogP contribution in [0.4, 0.5) is 11.6 Å². The summed E-state index contributed by atoms with van der Waals surface area (Å²) in [6.45, 7) is 16.4. The lowest BCUT2D eigenvalue weighted by atomic mass is 9.86. The number of hydrogen-bond acceptors (Lipinski definition) is 8. The zero-order valence-corrected chi connectivity index (χ0v) is 34.0. The monoisotopic (exact) mass is 767 g/mol. The molecule has 0 spiro atoms. The number of anilines is 2.